The minimum absolute atomic E-state index is 0.0729. The molecule has 3 rings (SSSR count). The van der Waals surface area contributed by atoms with Crippen molar-refractivity contribution in [3.8, 4) is 5.75 Å². The molecular weight excluding hydrogens is 272 g/mol. The van der Waals surface area contributed by atoms with Gasteiger partial charge < -0.3 is 9.90 Å². The molecule has 1 aromatic rings. The van der Waals surface area contributed by atoms with E-state index in [1.165, 1.54) is 17.4 Å². The molecule has 0 aromatic heterocycles. The zero-order valence-electron chi connectivity index (χ0n) is 14.3. The van der Waals surface area contributed by atoms with Gasteiger partial charge in [0.05, 0.1) is 0 Å². The van der Waals surface area contributed by atoms with Crippen molar-refractivity contribution in [2.24, 2.45) is 11.3 Å². The van der Waals surface area contributed by atoms with Crippen LogP contribution in [0.25, 0.3) is 0 Å². The van der Waals surface area contributed by atoms with Crippen molar-refractivity contribution in [3.63, 3.8) is 0 Å². The van der Waals surface area contributed by atoms with E-state index in [-0.39, 0.29) is 10.8 Å². The molecule has 2 nitrogen and oxygen atoms in total. The Kier molecular flexibility index (Phi) is 3.62. The maximum absolute atomic E-state index is 11.8. The molecule has 0 spiro atoms. The predicted octanol–water partition coefficient (Wildman–Crippen LogP) is 4.72. The number of phenols is 1. The number of carbonyl (C=O) groups is 1. The average molecular weight is 300 g/mol. The SMILES string of the molecule is CC(C)c1ccc(O)c2c1CC[C@H]1[C@@]2(C)CCC[C@@]1(C)C=O. The minimum atomic E-state index is -0.245. The largest absolute Gasteiger partial charge is 0.508 e. The summed E-state index contributed by atoms with van der Waals surface area (Å²) in [7, 11) is 0. The Labute approximate surface area is 133 Å². The summed E-state index contributed by atoms with van der Waals surface area (Å²) in [5.41, 5.74) is 3.54. The van der Waals surface area contributed by atoms with Crippen LogP contribution in [-0.2, 0) is 16.6 Å². The van der Waals surface area contributed by atoms with Crippen LogP contribution < -0.4 is 0 Å². The normalized spacial score (nSPS) is 34.1. The van der Waals surface area contributed by atoms with Crippen LogP contribution in [0.3, 0.4) is 0 Å². The first-order valence-corrected chi connectivity index (χ1v) is 8.65. The van der Waals surface area contributed by atoms with Crippen molar-refractivity contribution in [2.45, 2.75) is 71.1 Å². The second kappa shape index (κ2) is 5.11. The predicted molar refractivity (Wildman–Crippen MR) is 89.4 cm³/mol. The maximum atomic E-state index is 11.8. The Balaban J connectivity index is 2.20. The van der Waals surface area contributed by atoms with Crippen LogP contribution in [0.4, 0.5) is 0 Å². The number of benzene rings is 1. The van der Waals surface area contributed by atoms with Gasteiger partial charge in [-0.15, -0.1) is 0 Å². The van der Waals surface area contributed by atoms with Crippen molar-refractivity contribution in [1.29, 1.82) is 0 Å². The van der Waals surface area contributed by atoms with Crippen LogP contribution in [0.5, 0.6) is 5.75 Å². The molecular formula is C20H28O2. The number of aldehydes is 1. The van der Waals surface area contributed by atoms with E-state index in [4.69, 9.17) is 0 Å². The van der Waals surface area contributed by atoms with Crippen LogP contribution in [0.2, 0.25) is 0 Å². The molecule has 0 bridgehead atoms. The maximum Gasteiger partial charge on any atom is 0.126 e. The molecule has 1 fully saturated rings. The number of carbonyl (C=O) groups excluding carboxylic acids is 1. The fourth-order valence-electron chi connectivity index (χ4n) is 5.39. The monoisotopic (exact) mass is 300 g/mol. The fourth-order valence-corrected chi connectivity index (χ4v) is 5.39. The lowest BCUT2D eigenvalue weighted by Crippen LogP contribution is -2.50. The Bertz CT molecular complexity index is 604. The van der Waals surface area contributed by atoms with E-state index in [9.17, 15) is 9.90 Å². The van der Waals surface area contributed by atoms with Gasteiger partial charge in [0.2, 0.25) is 0 Å². The lowest BCUT2D eigenvalue weighted by atomic mass is 9.49. The summed E-state index contributed by atoms with van der Waals surface area (Å²) in [6.45, 7) is 8.84. The zero-order chi connectivity index (χ0) is 16.1. The number of hydrogen-bond acceptors (Lipinski definition) is 2. The Morgan fingerprint density at radius 1 is 1.27 bits per heavy atom. The van der Waals surface area contributed by atoms with E-state index < -0.39 is 0 Å². The van der Waals surface area contributed by atoms with E-state index in [1.807, 2.05) is 6.07 Å². The third kappa shape index (κ3) is 2.03. The van der Waals surface area contributed by atoms with Crippen molar-refractivity contribution in [3.05, 3.63) is 28.8 Å². The first kappa shape index (κ1) is 15.6. The number of fused-ring (bicyclic) bond motifs is 3. The van der Waals surface area contributed by atoms with Crippen LogP contribution in [0.15, 0.2) is 12.1 Å². The molecule has 0 radical (unpaired) electrons. The van der Waals surface area contributed by atoms with Crippen LogP contribution >= 0.6 is 0 Å². The summed E-state index contributed by atoms with van der Waals surface area (Å²) in [6.07, 6.45) is 6.35. The molecule has 0 amide bonds. The van der Waals surface area contributed by atoms with Crippen molar-refractivity contribution in [1.82, 2.24) is 0 Å². The van der Waals surface area contributed by atoms with Gasteiger partial charge in [0.15, 0.2) is 0 Å². The Morgan fingerprint density at radius 3 is 2.64 bits per heavy atom. The highest BCUT2D eigenvalue weighted by molar-refractivity contribution is 5.62. The summed E-state index contributed by atoms with van der Waals surface area (Å²) in [4.78, 5) is 11.8. The number of rotatable bonds is 2. The highest BCUT2D eigenvalue weighted by atomic mass is 16.3. The summed E-state index contributed by atoms with van der Waals surface area (Å²) in [5, 5.41) is 10.6. The van der Waals surface area contributed by atoms with Gasteiger partial charge in [-0.1, -0.05) is 40.2 Å². The van der Waals surface area contributed by atoms with E-state index >= 15 is 0 Å². The first-order chi connectivity index (χ1) is 10.3. The lowest BCUT2D eigenvalue weighted by Gasteiger charge is -2.53. The highest BCUT2D eigenvalue weighted by Crippen LogP contribution is 2.58. The Hall–Kier alpha value is -1.31. The van der Waals surface area contributed by atoms with Gasteiger partial charge in [0.25, 0.3) is 0 Å². The van der Waals surface area contributed by atoms with Crippen molar-refractivity contribution in [2.75, 3.05) is 0 Å². The molecule has 2 aliphatic carbocycles. The zero-order valence-corrected chi connectivity index (χ0v) is 14.3. The molecule has 22 heavy (non-hydrogen) atoms. The third-order valence-electron chi connectivity index (χ3n) is 6.45. The van der Waals surface area contributed by atoms with E-state index in [1.54, 1.807) is 0 Å². The third-order valence-corrected chi connectivity index (χ3v) is 6.45. The first-order valence-electron chi connectivity index (χ1n) is 8.65. The summed E-state index contributed by atoms with van der Waals surface area (Å²) in [5.74, 6) is 1.24. The standard InChI is InChI=1S/C20H28O2/c1-13(2)14-6-8-16(22)18-15(14)7-9-17-19(3,12-21)10-5-11-20(17,18)4/h6,8,12-13,17,22H,5,7,9-11H2,1-4H3/t17-,19+,20-/m1/s1. The smallest absolute Gasteiger partial charge is 0.126 e. The number of aromatic hydroxyl groups is 1. The number of phenolic OH excluding ortho intramolecular Hbond substituents is 1. The quantitative estimate of drug-likeness (QED) is 0.802. The van der Waals surface area contributed by atoms with Gasteiger partial charge in [-0.3, -0.25) is 0 Å². The summed E-state index contributed by atoms with van der Waals surface area (Å²) < 4.78 is 0. The molecule has 3 atom stereocenters. The molecule has 120 valence electrons. The molecule has 1 N–H and O–H groups in total. The van der Waals surface area contributed by atoms with E-state index in [2.05, 4.69) is 33.8 Å². The second-order valence-electron chi connectivity index (χ2n) is 8.17. The molecule has 0 heterocycles. The van der Waals surface area contributed by atoms with Crippen LogP contribution in [0, 0.1) is 11.3 Å². The van der Waals surface area contributed by atoms with E-state index in [0.717, 1.165) is 37.7 Å². The minimum Gasteiger partial charge on any atom is -0.508 e. The second-order valence-corrected chi connectivity index (χ2v) is 8.17. The van der Waals surface area contributed by atoms with Gasteiger partial charge in [-0.05, 0) is 54.7 Å². The van der Waals surface area contributed by atoms with Gasteiger partial charge in [-0.2, -0.15) is 0 Å². The van der Waals surface area contributed by atoms with Crippen LogP contribution in [0.1, 0.15) is 76.0 Å². The van der Waals surface area contributed by atoms with Gasteiger partial charge in [0.1, 0.15) is 12.0 Å². The van der Waals surface area contributed by atoms with Gasteiger partial charge in [0, 0.05) is 16.4 Å². The molecule has 0 saturated heterocycles. The number of hydrogen-bond donors (Lipinski definition) is 1. The van der Waals surface area contributed by atoms with Crippen molar-refractivity contribution >= 4 is 6.29 Å². The molecule has 2 aliphatic rings. The van der Waals surface area contributed by atoms with Gasteiger partial charge in [-0.25, -0.2) is 0 Å². The molecule has 1 aromatic carbocycles. The molecule has 2 heteroatoms. The van der Waals surface area contributed by atoms with Crippen molar-refractivity contribution < 1.29 is 9.90 Å². The lowest BCUT2D eigenvalue weighted by molar-refractivity contribution is -0.123. The highest BCUT2D eigenvalue weighted by Gasteiger charge is 2.53. The fraction of sp³-hybridized carbons (Fsp3) is 0.650. The van der Waals surface area contributed by atoms with E-state index in [0.29, 0.717) is 17.6 Å². The molecule has 1 saturated carbocycles. The van der Waals surface area contributed by atoms with Gasteiger partial charge >= 0.3 is 0 Å². The average Bonchev–Trinajstić information content (AvgIpc) is 2.46. The molecule has 0 aliphatic heterocycles. The molecule has 0 unspecified atom stereocenters. The van der Waals surface area contributed by atoms with Crippen LogP contribution in [-0.4, -0.2) is 11.4 Å². The topological polar surface area (TPSA) is 37.3 Å². The Morgan fingerprint density at radius 2 is 2.00 bits per heavy atom. The summed E-state index contributed by atoms with van der Waals surface area (Å²) >= 11 is 0. The summed E-state index contributed by atoms with van der Waals surface area (Å²) in [6, 6.07) is 3.96.